The summed E-state index contributed by atoms with van der Waals surface area (Å²) in [7, 11) is 1.47. The van der Waals surface area contributed by atoms with Gasteiger partial charge in [-0.1, -0.05) is 38.8 Å². The maximum absolute atomic E-state index is 13.0. The van der Waals surface area contributed by atoms with E-state index < -0.39 is 6.17 Å². The van der Waals surface area contributed by atoms with Crippen molar-refractivity contribution < 1.29 is 14.6 Å². The summed E-state index contributed by atoms with van der Waals surface area (Å²) in [6.45, 7) is 6.93. The van der Waals surface area contributed by atoms with Crippen LogP contribution in [-0.2, 0) is 12.8 Å². The predicted molar refractivity (Wildman–Crippen MR) is 117 cm³/mol. The number of amides is 1. The minimum absolute atomic E-state index is 0.0239. The number of rotatable bonds is 4. The molecule has 1 aliphatic carbocycles. The van der Waals surface area contributed by atoms with Gasteiger partial charge in [0.15, 0.2) is 11.5 Å². The third-order valence-corrected chi connectivity index (χ3v) is 8.06. The number of phenolic OH excluding ortho intramolecular Hbond substituents is 1. The van der Waals surface area contributed by atoms with Gasteiger partial charge < -0.3 is 20.5 Å². The molecule has 2 heterocycles. The number of anilines is 1. The number of methoxy groups -OCH3 is 1. The topological polar surface area (TPSA) is 70.6 Å². The van der Waals surface area contributed by atoms with Gasteiger partial charge in [-0.3, -0.25) is 4.79 Å². The summed E-state index contributed by atoms with van der Waals surface area (Å²) < 4.78 is 5.20. The van der Waals surface area contributed by atoms with Crippen LogP contribution in [0.15, 0.2) is 12.1 Å². The number of thiophene rings is 1. The first-order valence-electron chi connectivity index (χ1n) is 10.0. The average Bonchev–Trinajstić information content (AvgIpc) is 3.07. The number of hydrogen-bond donors (Lipinski definition) is 3. The van der Waals surface area contributed by atoms with Gasteiger partial charge in [0, 0.05) is 21.5 Å². The molecule has 1 aliphatic heterocycles. The summed E-state index contributed by atoms with van der Waals surface area (Å²) in [5.74, 6) is 0.779. The largest absolute Gasteiger partial charge is 0.504 e. The Bertz CT molecular complexity index is 969. The number of aromatic hydroxyl groups is 1. The van der Waals surface area contributed by atoms with Gasteiger partial charge in [0.05, 0.1) is 12.7 Å². The third kappa shape index (κ3) is 3.46. The molecule has 0 saturated carbocycles. The Balaban J connectivity index is 1.67. The first kappa shape index (κ1) is 20.4. The van der Waals surface area contributed by atoms with Crippen LogP contribution in [0.25, 0.3) is 0 Å². The zero-order valence-electron chi connectivity index (χ0n) is 17.2. The van der Waals surface area contributed by atoms with Crippen LogP contribution in [0.1, 0.15) is 66.1 Å². The molecular weight excluding hydrogens is 408 g/mol. The van der Waals surface area contributed by atoms with Crippen LogP contribution >= 0.6 is 22.9 Å². The molecule has 2 aliphatic rings. The van der Waals surface area contributed by atoms with Crippen molar-refractivity contribution in [2.75, 3.05) is 12.4 Å². The van der Waals surface area contributed by atoms with Crippen molar-refractivity contribution in [2.24, 2.45) is 11.3 Å². The van der Waals surface area contributed by atoms with E-state index in [1.54, 1.807) is 23.5 Å². The lowest BCUT2D eigenvalue weighted by Crippen LogP contribution is -2.38. The third-order valence-electron chi connectivity index (χ3n) is 6.66. The molecule has 0 saturated heterocycles. The van der Waals surface area contributed by atoms with Crippen molar-refractivity contribution in [3.8, 4) is 11.5 Å². The van der Waals surface area contributed by atoms with E-state index in [9.17, 15) is 9.90 Å². The molecule has 5 nitrogen and oxygen atoms in total. The van der Waals surface area contributed by atoms with Gasteiger partial charge in [0.25, 0.3) is 5.91 Å². The van der Waals surface area contributed by atoms with Crippen molar-refractivity contribution >= 4 is 33.8 Å². The SMILES string of the molecule is CCC(C)(C)C1CCc2c(sc3c2C(=O)NC(c2cc(Cl)cc(OC)c2O)N3)C1. The van der Waals surface area contributed by atoms with Gasteiger partial charge in [-0.15, -0.1) is 11.3 Å². The van der Waals surface area contributed by atoms with Gasteiger partial charge in [0.2, 0.25) is 0 Å². The Morgan fingerprint density at radius 3 is 2.79 bits per heavy atom. The number of hydrogen-bond acceptors (Lipinski definition) is 5. The number of carbonyl (C=O) groups excluding carboxylic acids is 1. The minimum atomic E-state index is -0.564. The average molecular weight is 435 g/mol. The van der Waals surface area contributed by atoms with E-state index in [-0.39, 0.29) is 17.4 Å². The van der Waals surface area contributed by atoms with Crippen LogP contribution in [0.3, 0.4) is 0 Å². The van der Waals surface area contributed by atoms with Crippen LogP contribution in [0.5, 0.6) is 11.5 Å². The number of phenols is 1. The highest BCUT2D eigenvalue weighted by Crippen LogP contribution is 2.48. The second-order valence-electron chi connectivity index (χ2n) is 8.59. The second kappa shape index (κ2) is 7.40. The molecule has 0 bridgehead atoms. The molecule has 0 radical (unpaired) electrons. The van der Waals surface area contributed by atoms with Gasteiger partial charge in [-0.25, -0.2) is 0 Å². The fraction of sp³-hybridized carbons (Fsp3) is 0.500. The van der Waals surface area contributed by atoms with Gasteiger partial charge in [0.1, 0.15) is 11.2 Å². The maximum atomic E-state index is 13.0. The van der Waals surface area contributed by atoms with Crippen LogP contribution < -0.4 is 15.4 Å². The van der Waals surface area contributed by atoms with Crippen LogP contribution in [0.2, 0.25) is 5.02 Å². The molecule has 2 unspecified atom stereocenters. The molecule has 1 aromatic carbocycles. The number of nitrogens with one attached hydrogen (secondary N) is 2. The molecule has 156 valence electrons. The Morgan fingerprint density at radius 1 is 1.34 bits per heavy atom. The van der Waals surface area contributed by atoms with E-state index in [1.165, 1.54) is 17.6 Å². The van der Waals surface area contributed by atoms with E-state index in [0.717, 1.165) is 36.2 Å². The normalized spacial score (nSPS) is 21.1. The smallest absolute Gasteiger partial charge is 0.256 e. The van der Waals surface area contributed by atoms with Gasteiger partial charge in [-0.05, 0) is 42.2 Å². The van der Waals surface area contributed by atoms with E-state index >= 15 is 0 Å². The number of fused-ring (bicyclic) bond motifs is 3. The number of benzene rings is 1. The fourth-order valence-corrected chi connectivity index (χ4v) is 5.95. The monoisotopic (exact) mass is 434 g/mol. The van der Waals surface area contributed by atoms with Crippen molar-refractivity contribution in [3.63, 3.8) is 0 Å². The summed E-state index contributed by atoms with van der Waals surface area (Å²) >= 11 is 7.86. The molecule has 1 aromatic heterocycles. The zero-order chi connectivity index (χ0) is 20.9. The minimum Gasteiger partial charge on any atom is -0.504 e. The Hall–Kier alpha value is -1.92. The molecule has 2 atom stereocenters. The Morgan fingerprint density at radius 2 is 2.10 bits per heavy atom. The lowest BCUT2D eigenvalue weighted by atomic mass is 9.69. The highest BCUT2D eigenvalue weighted by Gasteiger charge is 2.38. The van der Waals surface area contributed by atoms with E-state index in [2.05, 4.69) is 31.4 Å². The zero-order valence-corrected chi connectivity index (χ0v) is 18.8. The van der Waals surface area contributed by atoms with E-state index in [1.807, 2.05) is 0 Å². The first-order chi connectivity index (χ1) is 13.7. The first-order valence-corrected chi connectivity index (χ1v) is 11.2. The second-order valence-corrected chi connectivity index (χ2v) is 10.1. The summed E-state index contributed by atoms with van der Waals surface area (Å²) in [6, 6.07) is 3.20. The van der Waals surface area contributed by atoms with Crippen molar-refractivity contribution in [2.45, 2.75) is 52.6 Å². The standard InChI is InChI=1S/C22H27ClN2O3S/c1-5-22(2,3)11-6-7-13-16(8-11)29-21-17(13)20(27)24-19(25-21)14-9-12(23)10-15(28-4)18(14)26/h9-11,19,25-26H,5-8H2,1-4H3,(H,24,27). The van der Waals surface area contributed by atoms with Crippen molar-refractivity contribution in [1.82, 2.24) is 5.32 Å². The fourth-order valence-electron chi connectivity index (χ4n) is 4.38. The number of ether oxygens (including phenoxy) is 1. The van der Waals surface area contributed by atoms with E-state index in [4.69, 9.17) is 16.3 Å². The lowest BCUT2D eigenvalue weighted by Gasteiger charge is -2.36. The Labute approximate surface area is 180 Å². The van der Waals surface area contributed by atoms with Gasteiger partial charge >= 0.3 is 0 Å². The number of carbonyl (C=O) groups is 1. The lowest BCUT2D eigenvalue weighted by molar-refractivity contribution is 0.0934. The van der Waals surface area contributed by atoms with Crippen molar-refractivity contribution in [3.05, 3.63) is 38.7 Å². The van der Waals surface area contributed by atoms with Crippen LogP contribution in [0.4, 0.5) is 5.00 Å². The molecule has 2 aromatic rings. The van der Waals surface area contributed by atoms with Crippen molar-refractivity contribution in [1.29, 1.82) is 0 Å². The quantitative estimate of drug-likeness (QED) is 0.593. The summed E-state index contributed by atoms with van der Waals surface area (Å²) in [5, 5.41) is 18.2. The summed E-state index contributed by atoms with van der Waals surface area (Å²) in [5.41, 5.74) is 2.74. The maximum Gasteiger partial charge on any atom is 0.256 e. The molecule has 29 heavy (non-hydrogen) atoms. The molecular formula is C22H27ClN2O3S. The van der Waals surface area contributed by atoms with Crippen LogP contribution in [-0.4, -0.2) is 18.1 Å². The molecule has 4 rings (SSSR count). The summed E-state index contributed by atoms with van der Waals surface area (Å²) in [4.78, 5) is 14.3. The molecule has 0 spiro atoms. The molecule has 1 amide bonds. The summed E-state index contributed by atoms with van der Waals surface area (Å²) in [6.07, 6.45) is 3.65. The Kier molecular flexibility index (Phi) is 5.20. The van der Waals surface area contributed by atoms with Gasteiger partial charge in [-0.2, -0.15) is 0 Å². The predicted octanol–water partition coefficient (Wildman–Crippen LogP) is 5.51. The molecule has 0 fully saturated rings. The molecule has 3 N–H and O–H groups in total. The highest BCUT2D eigenvalue weighted by molar-refractivity contribution is 7.16. The number of halogens is 1. The highest BCUT2D eigenvalue weighted by atomic mass is 35.5. The molecule has 7 heteroatoms. The van der Waals surface area contributed by atoms with E-state index in [0.29, 0.717) is 21.9 Å². The van der Waals surface area contributed by atoms with Crippen LogP contribution in [0, 0.1) is 11.3 Å².